The highest BCUT2D eigenvalue weighted by atomic mass is 16.5. The first-order valence-corrected chi connectivity index (χ1v) is 5.19. The number of hydrogen-bond donors (Lipinski definition) is 1. The Balaban J connectivity index is 2.29. The normalized spacial score (nSPS) is 20.3. The topological polar surface area (TPSA) is 48.1 Å². The molecule has 3 nitrogen and oxygen atoms in total. The third-order valence-corrected chi connectivity index (χ3v) is 2.60. The van der Waals surface area contributed by atoms with Crippen molar-refractivity contribution in [3.8, 4) is 5.88 Å². The molecule has 0 bridgehead atoms. The Morgan fingerprint density at radius 2 is 2.43 bits per heavy atom. The summed E-state index contributed by atoms with van der Waals surface area (Å²) in [6.45, 7) is 2.63. The minimum absolute atomic E-state index is 0.168. The van der Waals surface area contributed by atoms with E-state index >= 15 is 0 Å². The van der Waals surface area contributed by atoms with Crippen molar-refractivity contribution < 1.29 is 4.74 Å². The summed E-state index contributed by atoms with van der Waals surface area (Å²) in [6.07, 6.45) is 3.24. The van der Waals surface area contributed by atoms with Crippen LogP contribution in [0.5, 0.6) is 5.88 Å². The summed E-state index contributed by atoms with van der Waals surface area (Å²) < 4.78 is 5.36. The maximum absolute atomic E-state index is 5.99. The number of rotatable bonds is 2. The van der Waals surface area contributed by atoms with E-state index in [9.17, 15) is 0 Å². The zero-order valence-corrected chi connectivity index (χ0v) is 8.49. The first kappa shape index (κ1) is 9.46. The van der Waals surface area contributed by atoms with Gasteiger partial charge in [-0.1, -0.05) is 6.07 Å². The SMILES string of the molecule is CCOc1ccc2c(n1)CCCC2N. The molecule has 2 N–H and O–H groups in total. The first-order valence-electron chi connectivity index (χ1n) is 5.19. The highest BCUT2D eigenvalue weighted by Gasteiger charge is 2.18. The number of aryl methyl sites for hydroxylation is 1. The van der Waals surface area contributed by atoms with Gasteiger partial charge in [-0.15, -0.1) is 0 Å². The molecule has 0 saturated carbocycles. The molecule has 0 spiro atoms. The molecule has 1 aromatic rings. The Kier molecular flexibility index (Phi) is 2.68. The van der Waals surface area contributed by atoms with Crippen LogP contribution in [0.1, 0.15) is 37.1 Å². The average Bonchev–Trinajstić information content (AvgIpc) is 2.18. The molecular formula is C11H16N2O. The average molecular weight is 192 g/mol. The van der Waals surface area contributed by atoms with Crippen LogP contribution in [0.4, 0.5) is 0 Å². The van der Waals surface area contributed by atoms with Crippen molar-refractivity contribution in [3.05, 3.63) is 23.4 Å². The molecule has 2 rings (SSSR count). The third kappa shape index (κ3) is 1.73. The predicted octanol–water partition coefficient (Wildman–Crippen LogP) is 1.82. The maximum Gasteiger partial charge on any atom is 0.213 e. The van der Waals surface area contributed by atoms with E-state index in [1.54, 1.807) is 0 Å². The van der Waals surface area contributed by atoms with Crippen LogP contribution >= 0.6 is 0 Å². The van der Waals surface area contributed by atoms with E-state index in [1.807, 2.05) is 13.0 Å². The van der Waals surface area contributed by atoms with E-state index in [4.69, 9.17) is 10.5 Å². The number of ether oxygens (including phenoxy) is 1. The summed E-state index contributed by atoms with van der Waals surface area (Å²) in [7, 11) is 0. The number of pyridine rings is 1. The molecule has 1 aliphatic carbocycles. The number of fused-ring (bicyclic) bond motifs is 1. The fraction of sp³-hybridized carbons (Fsp3) is 0.545. The van der Waals surface area contributed by atoms with Crippen molar-refractivity contribution in [2.45, 2.75) is 32.2 Å². The van der Waals surface area contributed by atoms with Crippen LogP contribution in [0.2, 0.25) is 0 Å². The van der Waals surface area contributed by atoms with Gasteiger partial charge in [0.05, 0.1) is 6.61 Å². The molecule has 0 aromatic carbocycles. The number of nitrogens with zero attached hydrogens (tertiary/aromatic N) is 1. The van der Waals surface area contributed by atoms with Crippen molar-refractivity contribution in [1.29, 1.82) is 0 Å². The monoisotopic (exact) mass is 192 g/mol. The van der Waals surface area contributed by atoms with Gasteiger partial charge in [-0.3, -0.25) is 0 Å². The fourth-order valence-corrected chi connectivity index (χ4v) is 1.90. The van der Waals surface area contributed by atoms with Gasteiger partial charge in [0.2, 0.25) is 5.88 Å². The predicted molar refractivity (Wildman–Crippen MR) is 55.3 cm³/mol. The molecule has 1 unspecified atom stereocenters. The van der Waals surface area contributed by atoms with Gasteiger partial charge in [0, 0.05) is 17.8 Å². The van der Waals surface area contributed by atoms with Gasteiger partial charge in [-0.05, 0) is 31.7 Å². The quantitative estimate of drug-likeness (QED) is 0.777. The molecule has 0 radical (unpaired) electrons. The number of nitrogens with two attached hydrogens (primary N) is 1. The zero-order valence-electron chi connectivity index (χ0n) is 8.49. The second-order valence-corrected chi connectivity index (χ2v) is 3.62. The van der Waals surface area contributed by atoms with Crippen LogP contribution in [-0.2, 0) is 6.42 Å². The summed E-state index contributed by atoms with van der Waals surface area (Å²) in [5.41, 5.74) is 8.30. The summed E-state index contributed by atoms with van der Waals surface area (Å²) in [5, 5.41) is 0. The molecule has 14 heavy (non-hydrogen) atoms. The molecule has 1 atom stereocenters. The van der Waals surface area contributed by atoms with Crippen molar-refractivity contribution in [1.82, 2.24) is 4.98 Å². The smallest absolute Gasteiger partial charge is 0.213 e. The van der Waals surface area contributed by atoms with Gasteiger partial charge < -0.3 is 10.5 Å². The minimum Gasteiger partial charge on any atom is -0.478 e. The van der Waals surface area contributed by atoms with Crippen molar-refractivity contribution in [2.24, 2.45) is 5.73 Å². The van der Waals surface area contributed by atoms with Crippen LogP contribution in [0.15, 0.2) is 12.1 Å². The number of hydrogen-bond acceptors (Lipinski definition) is 3. The Hall–Kier alpha value is -1.09. The number of aromatic nitrogens is 1. The maximum atomic E-state index is 5.99. The van der Waals surface area contributed by atoms with E-state index < -0.39 is 0 Å². The van der Waals surface area contributed by atoms with E-state index in [0.29, 0.717) is 6.61 Å². The molecule has 0 amide bonds. The molecule has 0 aliphatic heterocycles. The fourth-order valence-electron chi connectivity index (χ4n) is 1.90. The Bertz CT molecular complexity index is 325. The largest absolute Gasteiger partial charge is 0.478 e. The molecule has 0 fully saturated rings. The summed E-state index contributed by atoms with van der Waals surface area (Å²) in [6, 6.07) is 4.13. The molecule has 76 valence electrons. The van der Waals surface area contributed by atoms with Gasteiger partial charge in [0.15, 0.2) is 0 Å². The van der Waals surface area contributed by atoms with Crippen LogP contribution in [-0.4, -0.2) is 11.6 Å². The molecule has 1 aromatic heterocycles. The van der Waals surface area contributed by atoms with E-state index in [0.717, 1.165) is 30.8 Å². The molecule has 3 heteroatoms. The molecule has 1 aliphatic rings. The van der Waals surface area contributed by atoms with Gasteiger partial charge in [0.1, 0.15) is 0 Å². The summed E-state index contributed by atoms with van der Waals surface area (Å²) in [5.74, 6) is 0.723. The van der Waals surface area contributed by atoms with Crippen molar-refractivity contribution >= 4 is 0 Å². The molecule has 0 saturated heterocycles. The Morgan fingerprint density at radius 3 is 3.21 bits per heavy atom. The lowest BCUT2D eigenvalue weighted by molar-refractivity contribution is 0.324. The Labute approximate surface area is 84.3 Å². The van der Waals surface area contributed by atoms with Gasteiger partial charge in [0.25, 0.3) is 0 Å². The first-order chi connectivity index (χ1) is 6.81. The second kappa shape index (κ2) is 3.96. The van der Waals surface area contributed by atoms with Gasteiger partial charge >= 0.3 is 0 Å². The Morgan fingerprint density at radius 1 is 1.57 bits per heavy atom. The van der Waals surface area contributed by atoms with Crippen LogP contribution in [0.3, 0.4) is 0 Å². The molecule has 1 heterocycles. The lowest BCUT2D eigenvalue weighted by Gasteiger charge is -2.21. The zero-order chi connectivity index (χ0) is 9.97. The van der Waals surface area contributed by atoms with E-state index in [2.05, 4.69) is 11.1 Å². The third-order valence-electron chi connectivity index (χ3n) is 2.60. The van der Waals surface area contributed by atoms with E-state index in [1.165, 1.54) is 5.56 Å². The second-order valence-electron chi connectivity index (χ2n) is 3.62. The van der Waals surface area contributed by atoms with Gasteiger partial charge in [-0.25, -0.2) is 4.98 Å². The van der Waals surface area contributed by atoms with Crippen LogP contribution in [0, 0.1) is 0 Å². The van der Waals surface area contributed by atoms with E-state index in [-0.39, 0.29) is 6.04 Å². The lowest BCUT2D eigenvalue weighted by atomic mass is 9.92. The summed E-state index contributed by atoms with van der Waals surface area (Å²) >= 11 is 0. The van der Waals surface area contributed by atoms with Crippen LogP contribution < -0.4 is 10.5 Å². The highest BCUT2D eigenvalue weighted by molar-refractivity contribution is 5.30. The van der Waals surface area contributed by atoms with Crippen molar-refractivity contribution in [3.63, 3.8) is 0 Å². The standard InChI is InChI=1S/C11H16N2O/c1-2-14-11-7-6-8-9(12)4-3-5-10(8)13-11/h6-7,9H,2-5,12H2,1H3. The minimum atomic E-state index is 0.168. The van der Waals surface area contributed by atoms with Gasteiger partial charge in [-0.2, -0.15) is 0 Å². The molecular weight excluding hydrogens is 176 g/mol. The highest BCUT2D eigenvalue weighted by Crippen LogP contribution is 2.27. The van der Waals surface area contributed by atoms with Crippen LogP contribution in [0.25, 0.3) is 0 Å². The summed E-state index contributed by atoms with van der Waals surface area (Å²) in [4.78, 5) is 4.45. The van der Waals surface area contributed by atoms with Crippen molar-refractivity contribution in [2.75, 3.05) is 6.61 Å². The lowest BCUT2D eigenvalue weighted by Crippen LogP contribution is -2.18.